The molecule has 1 aromatic heterocycles. The van der Waals surface area contributed by atoms with Crippen LogP contribution in [-0.2, 0) is 9.47 Å². The minimum Gasteiger partial charge on any atom is -0.462 e. The SMILES string of the molecule is CCOC(=O)c1occ(C)c1C(=O)OCC. The number of esters is 2. The van der Waals surface area contributed by atoms with Crippen LogP contribution in [0.1, 0.15) is 40.3 Å². The number of carbonyl (C=O) groups excluding carboxylic acids is 2. The Morgan fingerprint density at radius 3 is 2.31 bits per heavy atom. The normalized spacial score (nSPS) is 9.94. The molecule has 0 saturated heterocycles. The smallest absolute Gasteiger partial charge is 0.375 e. The first-order chi connectivity index (χ1) is 7.61. The van der Waals surface area contributed by atoms with Gasteiger partial charge in [0, 0.05) is 5.56 Å². The molecule has 0 saturated carbocycles. The van der Waals surface area contributed by atoms with Gasteiger partial charge in [0.2, 0.25) is 5.76 Å². The van der Waals surface area contributed by atoms with Crippen LogP contribution in [0.25, 0.3) is 0 Å². The van der Waals surface area contributed by atoms with Crippen molar-refractivity contribution in [2.45, 2.75) is 20.8 Å². The zero-order valence-corrected chi connectivity index (χ0v) is 9.53. The maximum Gasteiger partial charge on any atom is 0.375 e. The Bertz CT molecular complexity index is 391. The molecule has 0 aliphatic heterocycles. The van der Waals surface area contributed by atoms with Crippen LogP contribution >= 0.6 is 0 Å². The van der Waals surface area contributed by atoms with E-state index in [0.29, 0.717) is 5.56 Å². The van der Waals surface area contributed by atoms with E-state index in [4.69, 9.17) is 13.9 Å². The molecule has 0 spiro atoms. The lowest BCUT2D eigenvalue weighted by Crippen LogP contribution is -2.12. The van der Waals surface area contributed by atoms with Gasteiger partial charge in [-0.3, -0.25) is 0 Å². The topological polar surface area (TPSA) is 65.7 Å². The van der Waals surface area contributed by atoms with Crippen LogP contribution in [-0.4, -0.2) is 25.2 Å². The van der Waals surface area contributed by atoms with E-state index in [1.165, 1.54) is 6.26 Å². The van der Waals surface area contributed by atoms with Gasteiger partial charge in [0.15, 0.2) is 0 Å². The number of hydrogen-bond acceptors (Lipinski definition) is 5. The Labute approximate surface area is 93.3 Å². The van der Waals surface area contributed by atoms with Gasteiger partial charge in [-0.05, 0) is 20.8 Å². The predicted octanol–water partition coefficient (Wildman–Crippen LogP) is 1.94. The minimum absolute atomic E-state index is 0.0993. The molecule has 0 N–H and O–H groups in total. The van der Waals surface area contributed by atoms with Gasteiger partial charge in [-0.2, -0.15) is 0 Å². The highest BCUT2D eigenvalue weighted by atomic mass is 16.5. The van der Waals surface area contributed by atoms with Gasteiger partial charge in [0.1, 0.15) is 5.56 Å². The summed E-state index contributed by atoms with van der Waals surface area (Å²) in [4.78, 5) is 23.0. The van der Waals surface area contributed by atoms with Crippen molar-refractivity contribution in [3.05, 3.63) is 23.2 Å². The second kappa shape index (κ2) is 5.34. The van der Waals surface area contributed by atoms with Crippen molar-refractivity contribution >= 4 is 11.9 Å². The molecule has 0 bridgehead atoms. The third kappa shape index (κ3) is 2.42. The predicted molar refractivity (Wildman–Crippen MR) is 55.4 cm³/mol. The van der Waals surface area contributed by atoms with Crippen LogP contribution < -0.4 is 0 Å². The van der Waals surface area contributed by atoms with E-state index in [0.717, 1.165) is 0 Å². The van der Waals surface area contributed by atoms with E-state index in [2.05, 4.69) is 0 Å². The molecule has 1 rings (SSSR count). The van der Waals surface area contributed by atoms with Crippen LogP contribution in [0.5, 0.6) is 0 Å². The first-order valence-corrected chi connectivity index (χ1v) is 5.04. The number of hydrogen-bond donors (Lipinski definition) is 0. The van der Waals surface area contributed by atoms with E-state index >= 15 is 0 Å². The van der Waals surface area contributed by atoms with Crippen molar-refractivity contribution in [2.24, 2.45) is 0 Å². The molecule has 1 heterocycles. The molecule has 0 aliphatic carbocycles. The summed E-state index contributed by atoms with van der Waals surface area (Å²) in [6.45, 7) is 5.50. The molecule has 5 nitrogen and oxygen atoms in total. The fraction of sp³-hybridized carbons (Fsp3) is 0.455. The van der Waals surface area contributed by atoms with Crippen molar-refractivity contribution in [1.29, 1.82) is 0 Å². The van der Waals surface area contributed by atoms with E-state index in [-0.39, 0.29) is 24.5 Å². The average molecular weight is 226 g/mol. The third-order valence-electron chi connectivity index (χ3n) is 1.92. The molecule has 16 heavy (non-hydrogen) atoms. The second-order valence-corrected chi connectivity index (χ2v) is 3.06. The summed E-state index contributed by atoms with van der Waals surface area (Å²) >= 11 is 0. The van der Waals surface area contributed by atoms with Crippen molar-refractivity contribution in [1.82, 2.24) is 0 Å². The molecule has 0 aliphatic rings. The molecule has 0 atom stereocenters. The first-order valence-electron chi connectivity index (χ1n) is 5.04. The zero-order valence-electron chi connectivity index (χ0n) is 9.53. The molecular formula is C11H14O5. The quantitative estimate of drug-likeness (QED) is 0.734. The van der Waals surface area contributed by atoms with Crippen LogP contribution in [0.3, 0.4) is 0 Å². The van der Waals surface area contributed by atoms with E-state index < -0.39 is 11.9 Å². The Balaban J connectivity index is 3.02. The standard InChI is InChI=1S/C11H14O5/c1-4-14-10(12)8-7(3)6-16-9(8)11(13)15-5-2/h6H,4-5H2,1-3H3. The Kier molecular flexibility index (Phi) is 4.10. The van der Waals surface area contributed by atoms with E-state index in [9.17, 15) is 9.59 Å². The summed E-state index contributed by atoms with van der Waals surface area (Å²) in [7, 11) is 0. The van der Waals surface area contributed by atoms with Crippen LogP contribution in [0.2, 0.25) is 0 Å². The van der Waals surface area contributed by atoms with Gasteiger partial charge < -0.3 is 13.9 Å². The van der Waals surface area contributed by atoms with Gasteiger partial charge >= 0.3 is 11.9 Å². The van der Waals surface area contributed by atoms with Crippen molar-refractivity contribution in [3.63, 3.8) is 0 Å². The van der Waals surface area contributed by atoms with Gasteiger partial charge in [0.05, 0.1) is 19.5 Å². The van der Waals surface area contributed by atoms with Crippen LogP contribution in [0, 0.1) is 6.92 Å². The van der Waals surface area contributed by atoms with E-state index in [1.54, 1.807) is 20.8 Å². The average Bonchev–Trinajstić information content (AvgIpc) is 2.61. The molecule has 0 aromatic carbocycles. The van der Waals surface area contributed by atoms with Crippen molar-refractivity contribution in [3.8, 4) is 0 Å². The van der Waals surface area contributed by atoms with Gasteiger partial charge in [-0.25, -0.2) is 9.59 Å². The molecule has 0 unspecified atom stereocenters. The number of ether oxygens (including phenoxy) is 2. The summed E-state index contributed by atoms with van der Waals surface area (Å²) in [6, 6.07) is 0. The molecule has 5 heteroatoms. The lowest BCUT2D eigenvalue weighted by atomic mass is 10.1. The Hall–Kier alpha value is -1.78. The summed E-state index contributed by atoms with van der Waals surface area (Å²) < 4.78 is 14.6. The van der Waals surface area contributed by atoms with Gasteiger partial charge in [-0.15, -0.1) is 0 Å². The van der Waals surface area contributed by atoms with Crippen LogP contribution in [0.15, 0.2) is 10.7 Å². The molecular weight excluding hydrogens is 212 g/mol. The molecule has 88 valence electrons. The highest BCUT2D eigenvalue weighted by Crippen LogP contribution is 2.18. The number of furan rings is 1. The molecule has 1 aromatic rings. The summed E-state index contributed by atoms with van der Waals surface area (Å²) in [5.74, 6) is -1.33. The maximum absolute atomic E-state index is 11.6. The summed E-state index contributed by atoms with van der Waals surface area (Å²) in [6.07, 6.45) is 1.33. The van der Waals surface area contributed by atoms with Gasteiger partial charge in [0.25, 0.3) is 0 Å². The third-order valence-corrected chi connectivity index (χ3v) is 1.92. The molecule has 0 radical (unpaired) electrons. The van der Waals surface area contributed by atoms with Crippen molar-refractivity contribution < 1.29 is 23.5 Å². The fourth-order valence-electron chi connectivity index (χ4n) is 1.25. The largest absolute Gasteiger partial charge is 0.462 e. The summed E-state index contributed by atoms with van der Waals surface area (Å²) in [5.41, 5.74) is 0.696. The van der Waals surface area contributed by atoms with Crippen molar-refractivity contribution in [2.75, 3.05) is 13.2 Å². The second-order valence-electron chi connectivity index (χ2n) is 3.06. The Morgan fingerprint density at radius 2 is 1.75 bits per heavy atom. The van der Waals surface area contributed by atoms with E-state index in [1.807, 2.05) is 0 Å². The first kappa shape index (κ1) is 12.3. The molecule has 0 fully saturated rings. The van der Waals surface area contributed by atoms with Crippen LogP contribution in [0.4, 0.5) is 0 Å². The Morgan fingerprint density at radius 1 is 1.19 bits per heavy atom. The minimum atomic E-state index is -0.654. The maximum atomic E-state index is 11.6. The van der Waals surface area contributed by atoms with Gasteiger partial charge in [-0.1, -0.05) is 0 Å². The fourth-order valence-corrected chi connectivity index (χ4v) is 1.25. The zero-order chi connectivity index (χ0) is 12.1. The monoisotopic (exact) mass is 226 g/mol. The molecule has 0 amide bonds. The number of aryl methyl sites for hydroxylation is 1. The summed E-state index contributed by atoms with van der Waals surface area (Å²) in [5, 5.41) is 0. The number of rotatable bonds is 4. The highest BCUT2D eigenvalue weighted by molar-refractivity contribution is 6.02. The lowest BCUT2D eigenvalue weighted by molar-refractivity contribution is 0.0451. The number of carbonyl (C=O) groups is 2. The lowest BCUT2D eigenvalue weighted by Gasteiger charge is -2.03. The highest BCUT2D eigenvalue weighted by Gasteiger charge is 2.25.